The molecule has 7 heteroatoms. The molecule has 1 fully saturated rings. The van der Waals surface area contributed by atoms with Gasteiger partial charge in [-0.2, -0.15) is 4.31 Å². The highest BCUT2D eigenvalue weighted by Gasteiger charge is 2.37. The first kappa shape index (κ1) is 18.0. The van der Waals surface area contributed by atoms with E-state index < -0.39 is 10.0 Å². The Hall–Kier alpha value is -1.83. The number of hydrogen-bond acceptors (Lipinski definition) is 4. The molecule has 0 aliphatic heterocycles. The minimum absolute atomic E-state index is 0.0874. The molecule has 0 atom stereocenters. The number of nitrogens with zero attached hydrogens (tertiary/aromatic N) is 3. The van der Waals surface area contributed by atoms with Crippen LogP contribution < -0.4 is 0 Å². The van der Waals surface area contributed by atoms with Crippen LogP contribution in [0, 0.1) is 5.82 Å². The molecule has 0 bridgehead atoms. The second-order valence-corrected chi connectivity index (χ2v) is 8.29. The van der Waals surface area contributed by atoms with Crippen molar-refractivity contribution < 1.29 is 12.8 Å². The van der Waals surface area contributed by atoms with Crippen LogP contribution in [-0.2, 0) is 16.6 Å². The third-order valence-electron chi connectivity index (χ3n) is 4.26. The zero-order valence-corrected chi connectivity index (χ0v) is 15.0. The van der Waals surface area contributed by atoms with Gasteiger partial charge in [0.1, 0.15) is 10.7 Å². The maximum atomic E-state index is 13.0. The van der Waals surface area contributed by atoms with Crippen LogP contribution in [0.25, 0.3) is 0 Å². The Kier molecular flexibility index (Phi) is 5.46. The van der Waals surface area contributed by atoms with E-state index in [-0.39, 0.29) is 16.8 Å². The van der Waals surface area contributed by atoms with Gasteiger partial charge in [-0.05, 0) is 49.7 Å². The van der Waals surface area contributed by atoms with Crippen molar-refractivity contribution in [3.05, 3.63) is 60.2 Å². The van der Waals surface area contributed by atoms with Crippen LogP contribution >= 0.6 is 0 Å². The number of rotatable bonds is 8. The lowest BCUT2D eigenvalue weighted by Gasteiger charge is -2.25. The molecule has 0 unspecified atom stereocenters. The van der Waals surface area contributed by atoms with Gasteiger partial charge in [0.05, 0.1) is 0 Å². The summed E-state index contributed by atoms with van der Waals surface area (Å²) in [6.45, 7) is 1.68. The van der Waals surface area contributed by atoms with Crippen LogP contribution in [-0.4, -0.2) is 48.8 Å². The minimum atomic E-state index is -3.52. The molecule has 1 saturated carbocycles. The molecule has 2 aromatic rings. The van der Waals surface area contributed by atoms with Crippen molar-refractivity contribution in [3.8, 4) is 0 Å². The van der Waals surface area contributed by atoms with Crippen molar-refractivity contribution in [2.75, 3.05) is 20.1 Å². The average molecular weight is 363 g/mol. The van der Waals surface area contributed by atoms with E-state index in [0.717, 1.165) is 18.4 Å². The molecule has 1 heterocycles. The summed E-state index contributed by atoms with van der Waals surface area (Å²) < 4.78 is 40.3. The number of pyridine rings is 1. The topological polar surface area (TPSA) is 53.5 Å². The number of sulfonamides is 1. The highest BCUT2D eigenvalue weighted by molar-refractivity contribution is 7.89. The molecular weight excluding hydrogens is 341 g/mol. The fraction of sp³-hybridized carbons (Fsp3) is 0.389. The number of benzene rings is 1. The fourth-order valence-corrected chi connectivity index (χ4v) is 4.39. The fourth-order valence-electron chi connectivity index (χ4n) is 2.75. The van der Waals surface area contributed by atoms with Gasteiger partial charge in [0.25, 0.3) is 0 Å². The molecule has 0 N–H and O–H groups in total. The molecule has 1 aromatic carbocycles. The first-order chi connectivity index (χ1) is 12.0. The lowest BCUT2D eigenvalue weighted by atomic mass is 10.2. The number of likely N-dealkylation sites (N-methyl/N-ethyl adjacent to an activating group) is 1. The maximum Gasteiger partial charge on any atom is 0.244 e. The number of hydrogen-bond donors (Lipinski definition) is 0. The normalized spacial score (nSPS) is 15.0. The van der Waals surface area contributed by atoms with E-state index in [2.05, 4.69) is 4.98 Å². The molecule has 0 amide bonds. The highest BCUT2D eigenvalue weighted by atomic mass is 32.2. The molecule has 25 heavy (non-hydrogen) atoms. The van der Waals surface area contributed by atoms with Gasteiger partial charge in [-0.1, -0.05) is 12.1 Å². The van der Waals surface area contributed by atoms with E-state index in [4.69, 9.17) is 0 Å². The molecule has 0 radical (unpaired) electrons. The number of aromatic nitrogens is 1. The van der Waals surface area contributed by atoms with Crippen LogP contribution in [0.4, 0.5) is 4.39 Å². The third-order valence-corrected chi connectivity index (χ3v) is 6.20. The SMILES string of the molecule is CN(CCN(C1CC1)S(=O)(=O)c1cccnc1)Cc1ccc(F)cc1. The summed E-state index contributed by atoms with van der Waals surface area (Å²) in [5.41, 5.74) is 0.997. The smallest absolute Gasteiger partial charge is 0.244 e. The average Bonchev–Trinajstić information content (AvgIpc) is 3.43. The summed E-state index contributed by atoms with van der Waals surface area (Å²) in [5, 5.41) is 0. The highest BCUT2D eigenvalue weighted by Crippen LogP contribution is 2.31. The van der Waals surface area contributed by atoms with Crippen LogP contribution in [0.1, 0.15) is 18.4 Å². The largest absolute Gasteiger partial charge is 0.301 e. The van der Waals surface area contributed by atoms with Gasteiger partial charge in [-0.25, -0.2) is 12.8 Å². The quantitative estimate of drug-likeness (QED) is 0.723. The summed E-state index contributed by atoms with van der Waals surface area (Å²) in [5.74, 6) is -0.256. The summed E-state index contributed by atoms with van der Waals surface area (Å²) in [6, 6.07) is 9.68. The van der Waals surface area contributed by atoms with Crippen LogP contribution in [0.15, 0.2) is 53.7 Å². The van der Waals surface area contributed by atoms with E-state index in [1.165, 1.54) is 18.3 Å². The van der Waals surface area contributed by atoms with Crippen molar-refractivity contribution in [3.63, 3.8) is 0 Å². The predicted molar refractivity (Wildman–Crippen MR) is 93.9 cm³/mol. The molecule has 134 valence electrons. The van der Waals surface area contributed by atoms with Crippen LogP contribution in [0.3, 0.4) is 0 Å². The summed E-state index contributed by atoms with van der Waals surface area (Å²) in [6.07, 6.45) is 4.77. The molecule has 0 spiro atoms. The van der Waals surface area contributed by atoms with Crippen LogP contribution in [0.2, 0.25) is 0 Å². The zero-order chi connectivity index (χ0) is 17.9. The molecule has 1 aliphatic carbocycles. The molecular formula is C18H22FN3O2S. The molecule has 1 aliphatic rings. The van der Waals surface area contributed by atoms with Crippen molar-refractivity contribution in [2.24, 2.45) is 0 Å². The van der Waals surface area contributed by atoms with Gasteiger partial charge in [-0.3, -0.25) is 4.98 Å². The third kappa shape index (κ3) is 4.62. The predicted octanol–water partition coefficient (Wildman–Crippen LogP) is 2.51. The maximum absolute atomic E-state index is 13.0. The van der Waals surface area contributed by atoms with E-state index in [1.807, 2.05) is 11.9 Å². The molecule has 1 aromatic heterocycles. The second-order valence-electron chi connectivity index (χ2n) is 6.40. The first-order valence-corrected chi connectivity index (χ1v) is 9.76. The zero-order valence-electron chi connectivity index (χ0n) is 14.2. The van der Waals surface area contributed by atoms with Crippen LogP contribution in [0.5, 0.6) is 0 Å². The Labute approximate surface area is 148 Å². The summed E-state index contributed by atoms with van der Waals surface area (Å²) in [7, 11) is -1.58. The van der Waals surface area contributed by atoms with Gasteiger partial charge >= 0.3 is 0 Å². The monoisotopic (exact) mass is 363 g/mol. The molecule has 0 saturated heterocycles. The van der Waals surface area contributed by atoms with E-state index in [1.54, 1.807) is 34.8 Å². The second kappa shape index (κ2) is 7.59. The lowest BCUT2D eigenvalue weighted by molar-refractivity contribution is 0.283. The van der Waals surface area contributed by atoms with E-state index in [0.29, 0.717) is 19.6 Å². The van der Waals surface area contributed by atoms with Gasteiger partial charge in [0.15, 0.2) is 0 Å². The van der Waals surface area contributed by atoms with Gasteiger partial charge in [0.2, 0.25) is 10.0 Å². The minimum Gasteiger partial charge on any atom is -0.301 e. The van der Waals surface area contributed by atoms with Crippen molar-refractivity contribution >= 4 is 10.0 Å². The Bertz CT molecular complexity index is 793. The van der Waals surface area contributed by atoms with Crippen molar-refractivity contribution in [2.45, 2.75) is 30.3 Å². The molecule has 5 nitrogen and oxygen atoms in total. The number of halogens is 1. The Morgan fingerprint density at radius 3 is 2.48 bits per heavy atom. The van der Waals surface area contributed by atoms with Gasteiger partial charge < -0.3 is 4.90 Å². The van der Waals surface area contributed by atoms with Gasteiger partial charge in [0, 0.05) is 38.1 Å². The van der Waals surface area contributed by atoms with Crippen molar-refractivity contribution in [1.29, 1.82) is 0 Å². The van der Waals surface area contributed by atoms with Crippen molar-refractivity contribution in [1.82, 2.24) is 14.2 Å². The lowest BCUT2D eigenvalue weighted by Crippen LogP contribution is -2.39. The summed E-state index contributed by atoms with van der Waals surface area (Å²) >= 11 is 0. The Morgan fingerprint density at radius 1 is 1.16 bits per heavy atom. The standard InChI is InChI=1S/C18H22FN3O2S/c1-21(14-15-4-6-16(19)7-5-15)11-12-22(17-8-9-17)25(23,24)18-3-2-10-20-13-18/h2-7,10,13,17H,8-9,11-12,14H2,1H3. The van der Waals surface area contributed by atoms with E-state index in [9.17, 15) is 12.8 Å². The molecule has 3 rings (SSSR count). The Balaban J connectivity index is 1.63. The first-order valence-electron chi connectivity index (χ1n) is 8.31. The van der Waals surface area contributed by atoms with E-state index >= 15 is 0 Å². The van der Waals surface area contributed by atoms with Gasteiger partial charge in [-0.15, -0.1) is 0 Å². The Morgan fingerprint density at radius 2 is 1.88 bits per heavy atom. The summed E-state index contributed by atoms with van der Waals surface area (Å²) in [4.78, 5) is 6.21.